The standard InChI is InChI=1S/C19H21N3O3/c1-11-7-13(3-4-15(11)10-21-19(24)25)14-5-6-20-17(9-14)22-18(23)16-8-12(16)2/h3-7,9,12,16,21H,8,10H2,1-2H3,(H,24,25)(H,20,22,23)/t12-,16-/m0/s1. The topological polar surface area (TPSA) is 91.3 Å². The summed E-state index contributed by atoms with van der Waals surface area (Å²) in [6.07, 6.45) is 1.58. The third-order valence-corrected chi connectivity index (χ3v) is 4.56. The number of hydrogen-bond acceptors (Lipinski definition) is 3. The summed E-state index contributed by atoms with van der Waals surface area (Å²) < 4.78 is 0. The molecular weight excluding hydrogens is 318 g/mol. The van der Waals surface area contributed by atoms with Crippen LogP contribution in [0.4, 0.5) is 10.6 Å². The lowest BCUT2D eigenvalue weighted by Crippen LogP contribution is -2.20. The number of aryl methyl sites for hydroxylation is 1. The van der Waals surface area contributed by atoms with Gasteiger partial charge in [-0.15, -0.1) is 0 Å². The van der Waals surface area contributed by atoms with Crippen molar-refractivity contribution >= 4 is 17.8 Å². The molecule has 1 aromatic heterocycles. The lowest BCUT2D eigenvalue weighted by atomic mass is 10.0. The highest BCUT2D eigenvalue weighted by Gasteiger charge is 2.39. The molecule has 2 atom stereocenters. The molecule has 1 saturated carbocycles. The number of nitrogens with one attached hydrogen (secondary N) is 2. The van der Waals surface area contributed by atoms with Gasteiger partial charge < -0.3 is 15.7 Å². The molecule has 0 unspecified atom stereocenters. The van der Waals surface area contributed by atoms with Crippen LogP contribution in [0.1, 0.15) is 24.5 Å². The average molecular weight is 339 g/mol. The van der Waals surface area contributed by atoms with Crippen LogP contribution in [0.5, 0.6) is 0 Å². The van der Waals surface area contributed by atoms with Gasteiger partial charge in [0.2, 0.25) is 5.91 Å². The Hall–Kier alpha value is -2.89. The Balaban J connectivity index is 1.75. The highest BCUT2D eigenvalue weighted by molar-refractivity contribution is 5.94. The monoisotopic (exact) mass is 339 g/mol. The van der Waals surface area contributed by atoms with Gasteiger partial charge in [-0.2, -0.15) is 0 Å². The first-order valence-electron chi connectivity index (χ1n) is 8.27. The zero-order valence-corrected chi connectivity index (χ0v) is 14.2. The van der Waals surface area contributed by atoms with Crippen LogP contribution in [0.2, 0.25) is 0 Å². The molecule has 0 bridgehead atoms. The number of benzene rings is 1. The average Bonchev–Trinajstić information content (AvgIpc) is 3.31. The molecule has 6 heteroatoms. The SMILES string of the molecule is Cc1cc(-c2ccnc(NC(=O)[C@H]3C[C@@H]3C)c2)ccc1CNC(=O)O. The fourth-order valence-electron chi connectivity index (χ4n) is 2.83. The van der Waals surface area contributed by atoms with E-state index in [1.165, 1.54) is 0 Å². The van der Waals surface area contributed by atoms with Crippen molar-refractivity contribution in [1.82, 2.24) is 10.3 Å². The lowest BCUT2D eigenvalue weighted by Gasteiger charge is -2.10. The second-order valence-electron chi connectivity index (χ2n) is 6.54. The number of anilines is 1. The van der Waals surface area contributed by atoms with E-state index in [1.807, 2.05) is 37.3 Å². The Morgan fingerprint density at radius 2 is 1.96 bits per heavy atom. The van der Waals surface area contributed by atoms with Gasteiger partial charge in [0, 0.05) is 18.7 Å². The zero-order valence-electron chi connectivity index (χ0n) is 14.2. The molecule has 130 valence electrons. The van der Waals surface area contributed by atoms with E-state index >= 15 is 0 Å². The number of rotatable bonds is 5. The normalized spacial score (nSPS) is 18.5. The maximum Gasteiger partial charge on any atom is 0.404 e. The number of aromatic nitrogens is 1. The zero-order chi connectivity index (χ0) is 18.0. The molecule has 2 aromatic rings. The van der Waals surface area contributed by atoms with E-state index in [0.29, 0.717) is 11.7 Å². The fraction of sp³-hybridized carbons (Fsp3) is 0.316. The van der Waals surface area contributed by atoms with Gasteiger partial charge in [0.25, 0.3) is 0 Å². The van der Waals surface area contributed by atoms with Crippen LogP contribution < -0.4 is 10.6 Å². The summed E-state index contributed by atoms with van der Waals surface area (Å²) in [4.78, 5) is 26.9. The predicted molar refractivity (Wildman–Crippen MR) is 95.2 cm³/mol. The van der Waals surface area contributed by atoms with E-state index in [2.05, 4.69) is 22.5 Å². The molecule has 2 amide bonds. The van der Waals surface area contributed by atoms with Crippen molar-refractivity contribution in [2.45, 2.75) is 26.8 Å². The first-order valence-corrected chi connectivity index (χ1v) is 8.27. The van der Waals surface area contributed by atoms with E-state index < -0.39 is 6.09 Å². The van der Waals surface area contributed by atoms with Crippen molar-refractivity contribution in [3.05, 3.63) is 47.7 Å². The van der Waals surface area contributed by atoms with Crippen LogP contribution in [0.15, 0.2) is 36.5 Å². The van der Waals surface area contributed by atoms with E-state index in [1.54, 1.807) is 6.20 Å². The van der Waals surface area contributed by atoms with Crippen LogP contribution in [0.3, 0.4) is 0 Å². The van der Waals surface area contributed by atoms with Gasteiger partial charge in [-0.25, -0.2) is 9.78 Å². The summed E-state index contributed by atoms with van der Waals surface area (Å²) in [5.41, 5.74) is 3.88. The van der Waals surface area contributed by atoms with E-state index in [0.717, 1.165) is 28.7 Å². The van der Waals surface area contributed by atoms with E-state index in [-0.39, 0.29) is 18.4 Å². The number of carbonyl (C=O) groups is 2. The quantitative estimate of drug-likeness (QED) is 0.778. The van der Waals surface area contributed by atoms with Crippen molar-refractivity contribution in [3.8, 4) is 11.1 Å². The van der Waals surface area contributed by atoms with Crippen LogP contribution >= 0.6 is 0 Å². The minimum Gasteiger partial charge on any atom is -0.465 e. The second kappa shape index (κ2) is 6.93. The molecular formula is C19H21N3O3. The molecule has 6 nitrogen and oxygen atoms in total. The maximum absolute atomic E-state index is 12.1. The van der Waals surface area contributed by atoms with Crippen LogP contribution in [-0.4, -0.2) is 22.1 Å². The number of pyridine rings is 1. The molecule has 1 aliphatic carbocycles. The molecule has 1 fully saturated rings. The summed E-state index contributed by atoms with van der Waals surface area (Å²) in [6.45, 7) is 4.29. The number of carbonyl (C=O) groups excluding carboxylic acids is 1. The molecule has 1 aliphatic rings. The summed E-state index contributed by atoms with van der Waals surface area (Å²) in [5, 5.41) is 14.0. The van der Waals surface area contributed by atoms with Crippen LogP contribution in [-0.2, 0) is 11.3 Å². The highest BCUT2D eigenvalue weighted by Crippen LogP contribution is 2.38. The Morgan fingerprint density at radius 1 is 1.24 bits per heavy atom. The molecule has 0 aliphatic heterocycles. The molecule has 3 N–H and O–H groups in total. The van der Waals surface area contributed by atoms with Gasteiger partial charge in [0.15, 0.2) is 0 Å². The molecule has 0 spiro atoms. The molecule has 25 heavy (non-hydrogen) atoms. The van der Waals surface area contributed by atoms with Crippen LogP contribution in [0.25, 0.3) is 11.1 Å². The molecule has 0 radical (unpaired) electrons. The number of carboxylic acid groups (broad SMARTS) is 1. The second-order valence-corrected chi connectivity index (χ2v) is 6.54. The first-order chi connectivity index (χ1) is 11.9. The summed E-state index contributed by atoms with van der Waals surface area (Å²) >= 11 is 0. The van der Waals surface area contributed by atoms with Gasteiger partial charge in [0.05, 0.1) is 0 Å². The predicted octanol–water partition coefficient (Wildman–Crippen LogP) is 3.42. The Morgan fingerprint density at radius 3 is 2.60 bits per heavy atom. The summed E-state index contributed by atoms with van der Waals surface area (Å²) in [7, 11) is 0. The van der Waals surface area contributed by atoms with Crippen LogP contribution in [0, 0.1) is 18.8 Å². The Kier molecular flexibility index (Phi) is 4.70. The maximum atomic E-state index is 12.1. The number of nitrogens with zero attached hydrogens (tertiary/aromatic N) is 1. The smallest absolute Gasteiger partial charge is 0.404 e. The van der Waals surface area contributed by atoms with Crippen molar-refractivity contribution in [2.75, 3.05) is 5.32 Å². The molecule has 1 heterocycles. The fourth-order valence-corrected chi connectivity index (χ4v) is 2.83. The largest absolute Gasteiger partial charge is 0.465 e. The molecule has 1 aromatic carbocycles. The number of hydrogen-bond donors (Lipinski definition) is 3. The van der Waals surface area contributed by atoms with E-state index in [4.69, 9.17) is 5.11 Å². The third-order valence-electron chi connectivity index (χ3n) is 4.56. The Bertz CT molecular complexity index is 819. The number of amides is 2. The Labute approximate surface area is 146 Å². The van der Waals surface area contributed by atoms with Crippen molar-refractivity contribution in [3.63, 3.8) is 0 Å². The van der Waals surface area contributed by atoms with Gasteiger partial charge in [0.1, 0.15) is 5.82 Å². The first kappa shape index (κ1) is 17.0. The van der Waals surface area contributed by atoms with Gasteiger partial charge in [-0.3, -0.25) is 4.79 Å². The van der Waals surface area contributed by atoms with E-state index in [9.17, 15) is 9.59 Å². The lowest BCUT2D eigenvalue weighted by molar-refractivity contribution is -0.117. The highest BCUT2D eigenvalue weighted by atomic mass is 16.4. The summed E-state index contributed by atoms with van der Waals surface area (Å²) in [6, 6.07) is 9.60. The van der Waals surface area contributed by atoms with Crippen molar-refractivity contribution in [1.29, 1.82) is 0 Å². The van der Waals surface area contributed by atoms with Gasteiger partial charge in [-0.05, 0) is 53.6 Å². The van der Waals surface area contributed by atoms with Gasteiger partial charge in [-0.1, -0.05) is 25.1 Å². The minimum atomic E-state index is -1.04. The molecule has 3 rings (SSSR count). The van der Waals surface area contributed by atoms with Crippen molar-refractivity contribution < 1.29 is 14.7 Å². The summed E-state index contributed by atoms with van der Waals surface area (Å²) in [5.74, 6) is 1.14. The minimum absolute atomic E-state index is 0.0309. The van der Waals surface area contributed by atoms with Crippen molar-refractivity contribution in [2.24, 2.45) is 11.8 Å². The third kappa shape index (κ3) is 4.15. The van der Waals surface area contributed by atoms with Gasteiger partial charge >= 0.3 is 6.09 Å². The molecule has 0 saturated heterocycles.